The molecule has 1 aliphatic heterocycles. The Hall–Kier alpha value is -2.89. The second kappa shape index (κ2) is 6.68. The minimum atomic E-state index is -0.442. The molecular weight excluding hydrogens is 342 g/mol. The highest BCUT2D eigenvalue weighted by Gasteiger charge is 2.49. The number of amides is 3. The van der Waals surface area contributed by atoms with Crippen LogP contribution in [0.1, 0.15) is 47.4 Å². The van der Waals surface area contributed by atoms with Crippen molar-refractivity contribution in [2.75, 3.05) is 0 Å². The molecule has 2 atom stereocenters. The van der Waals surface area contributed by atoms with Gasteiger partial charge in [-0.2, -0.15) is 5.01 Å². The van der Waals surface area contributed by atoms with E-state index in [1.165, 1.54) is 0 Å². The molecule has 6 heteroatoms. The van der Waals surface area contributed by atoms with Crippen LogP contribution in [0.3, 0.4) is 0 Å². The van der Waals surface area contributed by atoms with Crippen molar-refractivity contribution in [3.63, 3.8) is 0 Å². The number of imide groups is 1. The Labute approximate surface area is 158 Å². The number of fused-ring (bicyclic) bond motifs is 1. The molecule has 2 fully saturated rings. The lowest BCUT2D eigenvalue weighted by molar-refractivity contribution is -0.142. The summed E-state index contributed by atoms with van der Waals surface area (Å²) < 4.78 is 2.10. The van der Waals surface area contributed by atoms with Gasteiger partial charge in [-0.1, -0.05) is 12.8 Å². The van der Waals surface area contributed by atoms with E-state index in [0.29, 0.717) is 5.56 Å². The molecule has 0 radical (unpaired) electrons. The molecule has 1 aliphatic carbocycles. The lowest BCUT2D eigenvalue weighted by Crippen LogP contribution is -2.46. The summed E-state index contributed by atoms with van der Waals surface area (Å²) in [6.45, 7) is 4.05. The second-order valence-corrected chi connectivity index (χ2v) is 7.45. The fraction of sp³-hybridized carbons (Fsp3) is 0.381. The predicted molar refractivity (Wildman–Crippen MR) is 100 cm³/mol. The third-order valence-corrected chi connectivity index (χ3v) is 5.71. The number of hydrogen-bond donors (Lipinski definition) is 1. The highest BCUT2D eigenvalue weighted by Crippen LogP contribution is 2.37. The number of nitrogens with zero attached hydrogens (tertiary/aromatic N) is 2. The first kappa shape index (κ1) is 17.5. The van der Waals surface area contributed by atoms with Crippen LogP contribution in [0.15, 0.2) is 36.4 Å². The minimum absolute atomic E-state index is 0.270. The molecule has 1 saturated carbocycles. The summed E-state index contributed by atoms with van der Waals surface area (Å²) in [5.41, 5.74) is 6.12. The maximum absolute atomic E-state index is 12.6. The van der Waals surface area contributed by atoms with Crippen molar-refractivity contribution in [2.24, 2.45) is 11.8 Å². The maximum atomic E-state index is 12.6. The van der Waals surface area contributed by atoms with Gasteiger partial charge < -0.3 is 4.57 Å². The third kappa shape index (κ3) is 2.95. The number of carbonyl (C=O) groups excluding carboxylic acids is 3. The van der Waals surface area contributed by atoms with Crippen LogP contribution in [0.25, 0.3) is 5.69 Å². The van der Waals surface area contributed by atoms with Gasteiger partial charge in [0, 0.05) is 22.6 Å². The van der Waals surface area contributed by atoms with Gasteiger partial charge in [0.15, 0.2) is 0 Å². The van der Waals surface area contributed by atoms with Gasteiger partial charge in [-0.25, -0.2) is 0 Å². The van der Waals surface area contributed by atoms with Gasteiger partial charge in [0.2, 0.25) is 0 Å². The first-order chi connectivity index (χ1) is 13.0. The molecule has 1 N–H and O–H groups in total. The SMILES string of the molecule is Cc1ccc(C)n1-c1ccc(C(=O)NN2C(=O)[C@H]3CCCC[C@H]3C2=O)cc1. The van der Waals surface area contributed by atoms with Crippen LogP contribution in [0.4, 0.5) is 0 Å². The topological polar surface area (TPSA) is 71.4 Å². The van der Waals surface area contributed by atoms with E-state index in [9.17, 15) is 14.4 Å². The van der Waals surface area contributed by atoms with E-state index in [0.717, 1.165) is 47.8 Å². The van der Waals surface area contributed by atoms with Gasteiger partial charge in [0.25, 0.3) is 17.7 Å². The predicted octanol–water partition coefficient (Wildman–Crippen LogP) is 2.91. The zero-order valence-corrected chi connectivity index (χ0v) is 15.6. The van der Waals surface area contributed by atoms with Crippen molar-refractivity contribution in [1.29, 1.82) is 0 Å². The van der Waals surface area contributed by atoms with Gasteiger partial charge in [-0.05, 0) is 63.1 Å². The number of hydrogen-bond acceptors (Lipinski definition) is 3. The Balaban J connectivity index is 1.50. The zero-order chi connectivity index (χ0) is 19.1. The van der Waals surface area contributed by atoms with Crippen LogP contribution < -0.4 is 5.43 Å². The average molecular weight is 365 g/mol. The monoisotopic (exact) mass is 365 g/mol. The molecule has 3 amide bonds. The van der Waals surface area contributed by atoms with Crippen molar-refractivity contribution in [1.82, 2.24) is 15.0 Å². The van der Waals surface area contributed by atoms with Gasteiger partial charge in [-0.3, -0.25) is 19.8 Å². The van der Waals surface area contributed by atoms with E-state index in [-0.39, 0.29) is 23.7 Å². The first-order valence-corrected chi connectivity index (χ1v) is 9.41. The molecule has 4 rings (SSSR count). The summed E-state index contributed by atoms with van der Waals surface area (Å²) >= 11 is 0. The van der Waals surface area contributed by atoms with Crippen LogP contribution in [-0.4, -0.2) is 27.3 Å². The molecule has 1 aromatic carbocycles. The van der Waals surface area contributed by atoms with Crippen molar-refractivity contribution >= 4 is 17.7 Å². The molecule has 2 heterocycles. The minimum Gasteiger partial charge on any atom is -0.319 e. The number of benzene rings is 1. The molecule has 0 unspecified atom stereocenters. The first-order valence-electron chi connectivity index (χ1n) is 9.41. The summed E-state index contributed by atoms with van der Waals surface area (Å²) in [6, 6.07) is 11.2. The second-order valence-electron chi connectivity index (χ2n) is 7.45. The summed E-state index contributed by atoms with van der Waals surface area (Å²) in [6.07, 6.45) is 3.38. The largest absolute Gasteiger partial charge is 0.319 e. The van der Waals surface area contributed by atoms with E-state index in [4.69, 9.17) is 0 Å². The molecule has 1 saturated heterocycles. The fourth-order valence-electron chi connectivity index (χ4n) is 4.28. The Morgan fingerprint density at radius 1 is 0.889 bits per heavy atom. The lowest BCUT2D eigenvalue weighted by Gasteiger charge is -2.19. The number of rotatable bonds is 3. The van der Waals surface area contributed by atoms with Gasteiger partial charge in [-0.15, -0.1) is 0 Å². The average Bonchev–Trinajstić information content (AvgIpc) is 3.14. The molecule has 2 aliphatic rings. The fourth-order valence-corrected chi connectivity index (χ4v) is 4.28. The normalized spacial score (nSPS) is 22.1. The molecule has 6 nitrogen and oxygen atoms in total. The Kier molecular flexibility index (Phi) is 4.34. The number of nitrogens with one attached hydrogen (secondary N) is 1. The van der Waals surface area contributed by atoms with Crippen LogP contribution in [0.5, 0.6) is 0 Å². The van der Waals surface area contributed by atoms with Crippen LogP contribution in [0, 0.1) is 25.7 Å². The number of aromatic nitrogens is 1. The van der Waals surface area contributed by atoms with Crippen LogP contribution in [0.2, 0.25) is 0 Å². The van der Waals surface area contributed by atoms with E-state index in [2.05, 4.69) is 9.99 Å². The summed E-state index contributed by atoms with van der Waals surface area (Å²) in [5, 5.41) is 0.942. The van der Waals surface area contributed by atoms with Crippen molar-refractivity contribution in [3.8, 4) is 5.69 Å². The highest BCUT2D eigenvalue weighted by atomic mass is 16.2. The van der Waals surface area contributed by atoms with Gasteiger partial charge in [0.05, 0.1) is 11.8 Å². The third-order valence-electron chi connectivity index (χ3n) is 5.71. The number of hydrazine groups is 1. The van der Waals surface area contributed by atoms with E-state index in [1.54, 1.807) is 12.1 Å². The molecule has 27 heavy (non-hydrogen) atoms. The van der Waals surface area contributed by atoms with Crippen LogP contribution in [-0.2, 0) is 9.59 Å². The Morgan fingerprint density at radius 3 is 1.93 bits per heavy atom. The van der Waals surface area contributed by atoms with Crippen molar-refractivity contribution in [2.45, 2.75) is 39.5 Å². The van der Waals surface area contributed by atoms with Gasteiger partial charge in [0.1, 0.15) is 0 Å². The van der Waals surface area contributed by atoms with Crippen LogP contribution >= 0.6 is 0 Å². The zero-order valence-electron chi connectivity index (χ0n) is 15.6. The van der Waals surface area contributed by atoms with E-state index in [1.807, 2.05) is 38.1 Å². The van der Waals surface area contributed by atoms with Crippen molar-refractivity contribution in [3.05, 3.63) is 53.3 Å². The smallest absolute Gasteiger partial charge is 0.270 e. The van der Waals surface area contributed by atoms with Gasteiger partial charge >= 0.3 is 0 Å². The number of aryl methyl sites for hydroxylation is 2. The Morgan fingerprint density at radius 2 is 1.41 bits per heavy atom. The Bertz CT molecular complexity index is 870. The molecule has 140 valence electrons. The summed E-state index contributed by atoms with van der Waals surface area (Å²) in [5.74, 6) is -1.52. The van der Waals surface area contributed by atoms with Crippen molar-refractivity contribution < 1.29 is 14.4 Å². The molecule has 1 aromatic heterocycles. The summed E-state index contributed by atoms with van der Waals surface area (Å²) in [4.78, 5) is 37.5. The molecule has 2 aromatic rings. The summed E-state index contributed by atoms with van der Waals surface area (Å²) in [7, 11) is 0. The van der Waals surface area contributed by atoms with E-state index >= 15 is 0 Å². The lowest BCUT2D eigenvalue weighted by atomic mass is 9.81. The molecule has 0 spiro atoms. The molecular formula is C21H23N3O3. The highest BCUT2D eigenvalue weighted by molar-refractivity contribution is 6.07. The maximum Gasteiger partial charge on any atom is 0.270 e. The quantitative estimate of drug-likeness (QED) is 0.850. The number of carbonyl (C=O) groups is 3. The standard InChI is InChI=1S/C21H23N3O3/c1-13-7-8-14(2)23(13)16-11-9-15(10-12-16)19(25)22-24-20(26)17-5-3-4-6-18(17)21(24)27/h7-12,17-18H,3-6H2,1-2H3,(H,22,25)/t17-,18+. The van der Waals surface area contributed by atoms with E-state index < -0.39 is 5.91 Å². The molecule has 0 bridgehead atoms.